The molecule has 1 aliphatic rings. The summed E-state index contributed by atoms with van der Waals surface area (Å²) in [7, 11) is -3.26. The summed E-state index contributed by atoms with van der Waals surface area (Å²) in [6.07, 6.45) is 6.24. The molecule has 0 radical (unpaired) electrons. The molecule has 1 N–H and O–H groups in total. The highest BCUT2D eigenvalue weighted by Gasteiger charge is 2.30. The first-order valence-corrected chi connectivity index (χ1v) is 10.5. The van der Waals surface area contributed by atoms with Crippen molar-refractivity contribution >= 4 is 15.9 Å². The number of hydrogen-bond acceptors (Lipinski definition) is 4. The Balaban J connectivity index is 1.68. The number of para-hydroxylation sites is 1. The third kappa shape index (κ3) is 4.13. The fourth-order valence-corrected chi connectivity index (χ4v) is 4.22. The van der Waals surface area contributed by atoms with E-state index in [1.54, 1.807) is 6.20 Å². The molecular formula is C18H24N4O3S. The Labute approximate surface area is 154 Å². The van der Waals surface area contributed by atoms with Crippen LogP contribution in [0.1, 0.15) is 24.2 Å². The van der Waals surface area contributed by atoms with E-state index in [4.69, 9.17) is 0 Å². The second kappa shape index (κ2) is 7.59. The van der Waals surface area contributed by atoms with Crippen LogP contribution in [0.3, 0.4) is 0 Å². The lowest BCUT2D eigenvalue weighted by Gasteiger charge is -2.30. The summed E-state index contributed by atoms with van der Waals surface area (Å²) >= 11 is 0. The fraction of sp³-hybridized carbons (Fsp3) is 0.444. The van der Waals surface area contributed by atoms with Gasteiger partial charge in [0.05, 0.1) is 17.9 Å². The van der Waals surface area contributed by atoms with Gasteiger partial charge in [-0.2, -0.15) is 0 Å². The summed E-state index contributed by atoms with van der Waals surface area (Å²) in [5, 5.41) is 2.97. The number of benzene rings is 1. The Morgan fingerprint density at radius 3 is 2.81 bits per heavy atom. The molecule has 1 aromatic heterocycles. The zero-order valence-corrected chi connectivity index (χ0v) is 15.9. The molecule has 0 aliphatic carbocycles. The van der Waals surface area contributed by atoms with Crippen molar-refractivity contribution < 1.29 is 13.2 Å². The first-order valence-electron chi connectivity index (χ1n) is 8.67. The fourth-order valence-electron chi connectivity index (χ4n) is 3.31. The van der Waals surface area contributed by atoms with E-state index in [1.807, 2.05) is 42.0 Å². The van der Waals surface area contributed by atoms with Crippen molar-refractivity contribution in [3.8, 4) is 5.69 Å². The van der Waals surface area contributed by atoms with Gasteiger partial charge in [0.25, 0.3) is 0 Å². The summed E-state index contributed by atoms with van der Waals surface area (Å²) in [5.74, 6) is 0.468. The quantitative estimate of drug-likeness (QED) is 0.856. The van der Waals surface area contributed by atoms with Crippen molar-refractivity contribution in [1.29, 1.82) is 0 Å². The van der Waals surface area contributed by atoms with Gasteiger partial charge >= 0.3 is 0 Å². The highest BCUT2D eigenvalue weighted by molar-refractivity contribution is 7.88. The Bertz CT molecular complexity index is 891. The van der Waals surface area contributed by atoms with Gasteiger partial charge in [-0.3, -0.25) is 4.79 Å². The predicted octanol–water partition coefficient (Wildman–Crippen LogP) is 1.47. The van der Waals surface area contributed by atoms with Gasteiger partial charge in [-0.25, -0.2) is 17.7 Å². The lowest BCUT2D eigenvalue weighted by molar-refractivity contribution is -0.126. The van der Waals surface area contributed by atoms with Crippen molar-refractivity contribution in [2.45, 2.75) is 26.3 Å². The highest BCUT2D eigenvalue weighted by Crippen LogP contribution is 2.20. The molecule has 0 spiro atoms. The number of sulfonamides is 1. The van der Waals surface area contributed by atoms with Gasteiger partial charge in [-0.05, 0) is 31.4 Å². The van der Waals surface area contributed by atoms with Crippen molar-refractivity contribution in [2.75, 3.05) is 19.3 Å². The number of carbonyl (C=O) groups is 1. The lowest BCUT2D eigenvalue weighted by atomic mass is 9.98. The van der Waals surface area contributed by atoms with Crippen molar-refractivity contribution in [1.82, 2.24) is 19.2 Å². The molecule has 1 fully saturated rings. The first kappa shape index (κ1) is 18.6. The maximum Gasteiger partial charge on any atom is 0.224 e. The highest BCUT2D eigenvalue weighted by atomic mass is 32.2. The number of aromatic nitrogens is 2. The molecule has 140 valence electrons. The molecule has 2 heterocycles. The van der Waals surface area contributed by atoms with Crippen LogP contribution in [0.4, 0.5) is 0 Å². The SMILES string of the molecule is Cc1nccn1-c1ccccc1CNC(=O)C1CCCN(S(C)(=O)=O)C1. The summed E-state index contributed by atoms with van der Waals surface area (Å²) < 4.78 is 26.8. The topological polar surface area (TPSA) is 84.3 Å². The van der Waals surface area contributed by atoms with Gasteiger partial charge in [0.15, 0.2) is 0 Å². The number of aryl methyl sites for hydroxylation is 1. The molecule has 2 aromatic rings. The number of nitrogens with one attached hydrogen (secondary N) is 1. The molecule has 0 saturated carbocycles. The number of piperidine rings is 1. The number of imidazole rings is 1. The Morgan fingerprint density at radius 2 is 2.12 bits per heavy atom. The maximum absolute atomic E-state index is 12.6. The monoisotopic (exact) mass is 376 g/mol. The normalized spacial score (nSPS) is 18.6. The molecule has 26 heavy (non-hydrogen) atoms. The zero-order chi connectivity index (χ0) is 18.7. The van der Waals surface area contributed by atoms with Gasteiger partial charge in [0.2, 0.25) is 15.9 Å². The first-order chi connectivity index (χ1) is 12.4. The average Bonchev–Trinajstić information content (AvgIpc) is 3.05. The van der Waals surface area contributed by atoms with Crippen LogP contribution in [0.15, 0.2) is 36.7 Å². The molecule has 1 aliphatic heterocycles. The lowest BCUT2D eigenvalue weighted by Crippen LogP contribution is -2.44. The molecule has 1 unspecified atom stereocenters. The van der Waals surface area contributed by atoms with Crippen LogP contribution in [0.25, 0.3) is 5.69 Å². The van der Waals surface area contributed by atoms with Crippen molar-refractivity contribution in [3.63, 3.8) is 0 Å². The maximum atomic E-state index is 12.6. The third-order valence-corrected chi connectivity index (χ3v) is 6.02. The standard InChI is InChI=1S/C18H24N4O3S/c1-14-19-9-11-22(14)17-8-4-3-6-15(17)12-20-18(23)16-7-5-10-21(13-16)26(2,24)25/h3-4,6,8-9,11,16H,5,7,10,12-13H2,1-2H3,(H,20,23). The molecule has 3 rings (SSSR count). The summed E-state index contributed by atoms with van der Waals surface area (Å²) in [4.78, 5) is 16.8. The third-order valence-electron chi connectivity index (χ3n) is 4.75. The summed E-state index contributed by atoms with van der Waals surface area (Å²) in [6, 6.07) is 7.84. The average molecular weight is 376 g/mol. The minimum atomic E-state index is -3.26. The van der Waals surface area contributed by atoms with Crippen LogP contribution in [-0.4, -0.2) is 47.5 Å². The number of nitrogens with zero attached hydrogens (tertiary/aromatic N) is 3. The molecular weight excluding hydrogens is 352 g/mol. The Morgan fingerprint density at radius 1 is 1.35 bits per heavy atom. The van der Waals surface area contributed by atoms with Crippen LogP contribution >= 0.6 is 0 Å². The number of hydrogen-bond donors (Lipinski definition) is 1. The van der Waals surface area contributed by atoms with Gasteiger partial charge in [-0.15, -0.1) is 0 Å². The molecule has 1 saturated heterocycles. The number of amides is 1. The zero-order valence-electron chi connectivity index (χ0n) is 15.1. The van der Waals surface area contributed by atoms with Gasteiger partial charge in [0, 0.05) is 32.0 Å². The molecule has 8 heteroatoms. The van der Waals surface area contributed by atoms with Crippen LogP contribution in [-0.2, 0) is 21.4 Å². The van der Waals surface area contributed by atoms with Gasteiger partial charge in [0.1, 0.15) is 5.82 Å². The van der Waals surface area contributed by atoms with E-state index in [1.165, 1.54) is 10.6 Å². The summed E-state index contributed by atoms with van der Waals surface area (Å²) in [5.41, 5.74) is 1.96. The minimum absolute atomic E-state index is 0.101. The van der Waals surface area contributed by atoms with E-state index >= 15 is 0 Å². The van der Waals surface area contributed by atoms with E-state index in [0.29, 0.717) is 25.9 Å². The van der Waals surface area contributed by atoms with Crippen LogP contribution in [0, 0.1) is 12.8 Å². The smallest absolute Gasteiger partial charge is 0.224 e. The van der Waals surface area contributed by atoms with Gasteiger partial charge in [-0.1, -0.05) is 18.2 Å². The van der Waals surface area contributed by atoms with Crippen molar-refractivity contribution in [2.24, 2.45) is 5.92 Å². The van der Waals surface area contributed by atoms with Gasteiger partial charge < -0.3 is 9.88 Å². The second-order valence-corrected chi connectivity index (χ2v) is 8.63. The van der Waals surface area contributed by atoms with E-state index in [9.17, 15) is 13.2 Å². The molecule has 1 aromatic carbocycles. The van der Waals surface area contributed by atoms with E-state index in [0.717, 1.165) is 17.1 Å². The number of carbonyl (C=O) groups excluding carboxylic acids is 1. The predicted molar refractivity (Wildman–Crippen MR) is 99.3 cm³/mol. The van der Waals surface area contributed by atoms with E-state index in [2.05, 4.69) is 10.3 Å². The second-order valence-electron chi connectivity index (χ2n) is 6.65. The molecule has 0 bridgehead atoms. The molecule has 1 atom stereocenters. The largest absolute Gasteiger partial charge is 0.352 e. The summed E-state index contributed by atoms with van der Waals surface area (Å²) in [6.45, 7) is 3.07. The van der Waals surface area contributed by atoms with Crippen LogP contribution in [0.5, 0.6) is 0 Å². The van der Waals surface area contributed by atoms with Crippen LogP contribution < -0.4 is 5.32 Å². The molecule has 7 nitrogen and oxygen atoms in total. The van der Waals surface area contributed by atoms with E-state index < -0.39 is 10.0 Å². The Kier molecular flexibility index (Phi) is 5.43. The van der Waals surface area contributed by atoms with Crippen molar-refractivity contribution in [3.05, 3.63) is 48.0 Å². The van der Waals surface area contributed by atoms with E-state index in [-0.39, 0.29) is 18.4 Å². The van der Waals surface area contributed by atoms with Crippen LogP contribution in [0.2, 0.25) is 0 Å². The molecule has 1 amide bonds. The Hall–Kier alpha value is -2.19. The minimum Gasteiger partial charge on any atom is -0.352 e. The number of rotatable bonds is 5.